The molecule has 2 aromatic rings. The highest BCUT2D eigenvalue weighted by Crippen LogP contribution is 2.38. The number of carbonyl (C=O) groups is 2. The van der Waals surface area contributed by atoms with E-state index in [1.807, 2.05) is 0 Å². The van der Waals surface area contributed by atoms with Crippen LogP contribution in [0.2, 0.25) is 0 Å². The number of amides is 3. The summed E-state index contributed by atoms with van der Waals surface area (Å²) in [5.41, 5.74) is 1.13. The number of halogens is 2. The first-order chi connectivity index (χ1) is 16.9. The molecule has 0 bridgehead atoms. The monoisotopic (exact) mass is 482 g/mol. The number of urea groups is 1. The molecule has 3 amide bonds. The molecule has 2 atom stereocenters. The molecule has 3 fully saturated rings. The van der Waals surface area contributed by atoms with Crippen molar-refractivity contribution in [3.63, 3.8) is 0 Å². The Morgan fingerprint density at radius 3 is 2.03 bits per heavy atom. The number of carbonyl (C=O) groups excluding carboxylic acids is 2. The number of hydrogen-bond acceptors (Lipinski definition) is 4. The van der Waals surface area contributed by atoms with Crippen molar-refractivity contribution < 1.29 is 18.4 Å². The van der Waals surface area contributed by atoms with E-state index in [1.54, 1.807) is 24.3 Å². The summed E-state index contributed by atoms with van der Waals surface area (Å²) in [6, 6.07) is 12.4. The van der Waals surface area contributed by atoms with Gasteiger partial charge in [-0.2, -0.15) is 0 Å². The fourth-order valence-corrected chi connectivity index (χ4v) is 5.89. The highest BCUT2D eigenvalue weighted by molar-refractivity contribution is 6.07. The lowest BCUT2D eigenvalue weighted by molar-refractivity contribution is -0.136. The van der Waals surface area contributed by atoms with Crippen molar-refractivity contribution in [2.45, 2.75) is 44.2 Å². The van der Waals surface area contributed by atoms with Gasteiger partial charge in [-0.1, -0.05) is 44.0 Å². The molecule has 2 aliphatic heterocycles. The van der Waals surface area contributed by atoms with Crippen molar-refractivity contribution in [3.05, 3.63) is 71.3 Å². The smallest absolute Gasteiger partial charge is 0.323 e. The van der Waals surface area contributed by atoms with Gasteiger partial charge in [-0.25, -0.2) is 18.5 Å². The Kier molecular flexibility index (Phi) is 6.59. The van der Waals surface area contributed by atoms with Crippen molar-refractivity contribution in [2.75, 3.05) is 32.8 Å². The van der Waals surface area contributed by atoms with Crippen LogP contribution in [0.25, 0.3) is 0 Å². The normalized spacial score (nSPS) is 26.1. The molecule has 1 aliphatic carbocycles. The third kappa shape index (κ3) is 4.57. The first-order valence-electron chi connectivity index (χ1n) is 12.5. The number of nitrogens with zero attached hydrogens (tertiary/aromatic N) is 3. The van der Waals surface area contributed by atoms with Crippen LogP contribution in [0.15, 0.2) is 48.5 Å². The van der Waals surface area contributed by atoms with Crippen LogP contribution in [0, 0.1) is 17.6 Å². The van der Waals surface area contributed by atoms with Gasteiger partial charge in [-0.15, -0.1) is 0 Å². The number of benzene rings is 2. The van der Waals surface area contributed by atoms with Crippen LogP contribution >= 0.6 is 0 Å². The zero-order valence-electron chi connectivity index (χ0n) is 20.1. The summed E-state index contributed by atoms with van der Waals surface area (Å²) in [5, 5.41) is 3.03. The third-order valence-electron chi connectivity index (χ3n) is 7.99. The van der Waals surface area contributed by atoms with Gasteiger partial charge >= 0.3 is 6.03 Å². The second-order valence-electron chi connectivity index (χ2n) is 10.1. The Hall–Kier alpha value is -2.84. The molecular weight excluding hydrogens is 450 g/mol. The van der Waals surface area contributed by atoms with Crippen LogP contribution in [-0.2, 0) is 4.79 Å². The highest BCUT2D eigenvalue weighted by atomic mass is 19.1. The number of imide groups is 1. The van der Waals surface area contributed by atoms with E-state index in [9.17, 15) is 18.4 Å². The zero-order chi connectivity index (χ0) is 24.6. The molecule has 0 unspecified atom stereocenters. The molecule has 0 aromatic heterocycles. The van der Waals surface area contributed by atoms with Crippen LogP contribution in [0.4, 0.5) is 13.6 Å². The SMILES string of the molecule is C[C@H]1CCCC[C@]12NC(=O)N(CN1CCN(C(c3ccc(F)cc3)c3ccc(F)cc3)CC1)C2=O. The van der Waals surface area contributed by atoms with Gasteiger partial charge in [0.25, 0.3) is 5.91 Å². The molecule has 8 heteroatoms. The predicted molar refractivity (Wildman–Crippen MR) is 128 cm³/mol. The van der Waals surface area contributed by atoms with Crippen molar-refractivity contribution in [1.29, 1.82) is 0 Å². The minimum Gasteiger partial charge on any atom is -0.323 e. The van der Waals surface area contributed by atoms with Crippen LogP contribution in [0.5, 0.6) is 0 Å². The molecule has 3 aliphatic rings. The molecule has 2 saturated heterocycles. The van der Waals surface area contributed by atoms with Crippen molar-refractivity contribution >= 4 is 11.9 Å². The summed E-state index contributed by atoms with van der Waals surface area (Å²) >= 11 is 0. The highest BCUT2D eigenvalue weighted by Gasteiger charge is 2.55. The lowest BCUT2D eigenvalue weighted by atomic mass is 9.73. The van der Waals surface area contributed by atoms with Gasteiger partial charge < -0.3 is 5.32 Å². The fourth-order valence-electron chi connectivity index (χ4n) is 5.89. The lowest BCUT2D eigenvalue weighted by Crippen LogP contribution is -2.55. The number of nitrogens with one attached hydrogen (secondary N) is 1. The molecule has 35 heavy (non-hydrogen) atoms. The Bertz CT molecular complexity index is 1020. The van der Waals surface area contributed by atoms with Gasteiger partial charge in [0.15, 0.2) is 0 Å². The van der Waals surface area contributed by atoms with E-state index < -0.39 is 5.54 Å². The summed E-state index contributed by atoms with van der Waals surface area (Å²) < 4.78 is 27.2. The Balaban J connectivity index is 1.28. The average molecular weight is 483 g/mol. The molecule has 186 valence electrons. The molecule has 2 heterocycles. The molecule has 1 saturated carbocycles. The van der Waals surface area contributed by atoms with E-state index in [0.717, 1.165) is 30.4 Å². The van der Waals surface area contributed by atoms with E-state index in [-0.39, 0.29) is 42.2 Å². The second kappa shape index (κ2) is 9.66. The predicted octanol–water partition coefficient (Wildman–Crippen LogP) is 4.13. The van der Waals surface area contributed by atoms with Crippen LogP contribution < -0.4 is 5.32 Å². The zero-order valence-corrected chi connectivity index (χ0v) is 20.1. The standard InChI is InChI=1S/C27H32F2N4O2/c1-19-4-2-3-13-27(19)25(34)33(26(35)30-27)18-31-14-16-32(17-15-31)24(20-5-9-22(28)10-6-20)21-7-11-23(29)12-8-21/h5-12,19,24H,2-4,13-18H2,1H3,(H,30,35)/t19-,27-/m0/s1. The molecule has 1 spiro atoms. The van der Waals surface area contributed by atoms with Gasteiger partial charge in [0.1, 0.15) is 17.2 Å². The minimum atomic E-state index is -0.743. The van der Waals surface area contributed by atoms with E-state index >= 15 is 0 Å². The lowest BCUT2D eigenvalue weighted by Gasteiger charge is -2.41. The van der Waals surface area contributed by atoms with Gasteiger partial charge in [-0.05, 0) is 54.2 Å². The van der Waals surface area contributed by atoms with Gasteiger partial charge in [-0.3, -0.25) is 14.6 Å². The van der Waals surface area contributed by atoms with Crippen LogP contribution in [-0.4, -0.2) is 65.0 Å². The number of rotatable bonds is 5. The maximum absolute atomic E-state index is 13.6. The Morgan fingerprint density at radius 1 is 0.914 bits per heavy atom. The quantitative estimate of drug-likeness (QED) is 0.652. The number of hydrogen-bond donors (Lipinski definition) is 1. The summed E-state index contributed by atoms with van der Waals surface area (Å²) in [7, 11) is 0. The van der Waals surface area contributed by atoms with E-state index in [1.165, 1.54) is 29.2 Å². The molecular formula is C27H32F2N4O2. The molecule has 5 rings (SSSR count). The van der Waals surface area contributed by atoms with E-state index in [2.05, 4.69) is 22.0 Å². The van der Waals surface area contributed by atoms with Gasteiger partial charge in [0.05, 0.1) is 12.7 Å². The van der Waals surface area contributed by atoms with Gasteiger partial charge in [0.2, 0.25) is 0 Å². The fraction of sp³-hybridized carbons (Fsp3) is 0.481. The third-order valence-corrected chi connectivity index (χ3v) is 7.99. The largest absolute Gasteiger partial charge is 0.326 e. The van der Waals surface area contributed by atoms with Crippen LogP contribution in [0.3, 0.4) is 0 Å². The maximum Gasteiger partial charge on any atom is 0.326 e. The maximum atomic E-state index is 13.6. The van der Waals surface area contributed by atoms with Crippen molar-refractivity contribution in [2.24, 2.45) is 5.92 Å². The first-order valence-corrected chi connectivity index (χ1v) is 12.5. The Labute approximate surface area is 204 Å². The molecule has 1 N–H and O–H groups in total. The molecule has 6 nitrogen and oxygen atoms in total. The summed E-state index contributed by atoms with van der Waals surface area (Å²) in [5.74, 6) is -0.542. The van der Waals surface area contributed by atoms with E-state index in [0.29, 0.717) is 32.6 Å². The van der Waals surface area contributed by atoms with Crippen molar-refractivity contribution in [3.8, 4) is 0 Å². The summed E-state index contributed by atoms with van der Waals surface area (Å²) in [6.45, 7) is 5.10. The second-order valence-corrected chi connectivity index (χ2v) is 10.1. The molecule has 2 aromatic carbocycles. The Morgan fingerprint density at radius 2 is 1.49 bits per heavy atom. The minimum absolute atomic E-state index is 0.0902. The number of piperazine rings is 1. The van der Waals surface area contributed by atoms with E-state index in [4.69, 9.17) is 0 Å². The summed E-state index contributed by atoms with van der Waals surface area (Å²) in [6.07, 6.45) is 3.71. The van der Waals surface area contributed by atoms with Gasteiger partial charge in [0, 0.05) is 26.2 Å². The topological polar surface area (TPSA) is 55.9 Å². The first kappa shape index (κ1) is 23.9. The van der Waals surface area contributed by atoms with Crippen LogP contribution in [0.1, 0.15) is 49.8 Å². The average Bonchev–Trinajstić information content (AvgIpc) is 3.09. The van der Waals surface area contributed by atoms with Crippen molar-refractivity contribution in [1.82, 2.24) is 20.0 Å². The summed E-state index contributed by atoms with van der Waals surface area (Å²) in [4.78, 5) is 31.9. The molecule has 0 radical (unpaired) electrons.